The minimum Gasteiger partial charge on any atom is -0.490 e. The predicted molar refractivity (Wildman–Crippen MR) is 62.8 cm³/mol. The largest absolute Gasteiger partial charge is 0.490 e. The Morgan fingerprint density at radius 1 is 1.39 bits per heavy atom. The molecule has 0 fully saturated rings. The van der Waals surface area contributed by atoms with E-state index in [1.807, 2.05) is 0 Å². The number of methoxy groups -OCH3 is 2. The first-order chi connectivity index (χ1) is 8.58. The highest BCUT2D eigenvalue weighted by atomic mass is 16.6. The molecular formula is C11H10N2O5. The first-order valence-corrected chi connectivity index (χ1v) is 5.01. The fraction of sp³-hybridized carbons (Fsp3) is 0.182. The number of rotatable bonds is 3. The molecule has 18 heavy (non-hydrogen) atoms. The number of carbonyl (C=O) groups is 1. The highest BCUT2D eigenvalue weighted by Gasteiger charge is 2.22. The van der Waals surface area contributed by atoms with Gasteiger partial charge in [-0.1, -0.05) is 0 Å². The summed E-state index contributed by atoms with van der Waals surface area (Å²) in [6.07, 6.45) is 0. The van der Waals surface area contributed by atoms with E-state index in [1.54, 1.807) is 6.07 Å². The molecule has 0 saturated carbocycles. The maximum absolute atomic E-state index is 11.4. The van der Waals surface area contributed by atoms with Crippen molar-refractivity contribution in [2.45, 2.75) is 0 Å². The van der Waals surface area contributed by atoms with Crippen LogP contribution in [0.25, 0.3) is 10.9 Å². The third-order valence-corrected chi connectivity index (χ3v) is 2.55. The number of nitro benzene ring substituents is 1. The maximum Gasteiger partial charge on any atom is 0.354 e. The van der Waals surface area contributed by atoms with Crippen molar-refractivity contribution >= 4 is 22.6 Å². The second-order valence-corrected chi connectivity index (χ2v) is 3.51. The van der Waals surface area contributed by atoms with E-state index in [-0.39, 0.29) is 17.1 Å². The van der Waals surface area contributed by atoms with Gasteiger partial charge >= 0.3 is 11.7 Å². The van der Waals surface area contributed by atoms with Gasteiger partial charge in [0, 0.05) is 0 Å². The van der Waals surface area contributed by atoms with Crippen LogP contribution in [0.3, 0.4) is 0 Å². The van der Waals surface area contributed by atoms with Gasteiger partial charge in [-0.05, 0) is 18.2 Å². The molecular weight excluding hydrogens is 240 g/mol. The number of H-pyrrole nitrogens is 1. The maximum atomic E-state index is 11.4. The summed E-state index contributed by atoms with van der Waals surface area (Å²) in [5.41, 5.74) is 0.452. The van der Waals surface area contributed by atoms with Gasteiger partial charge < -0.3 is 14.5 Å². The predicted octanol–water partition coefficient (Wildman–Crippen LogP) is 1.87. The molecule has 1 heterocycles. The van der Waals surface area contributed by atoms with E-state index in [9.17, 15) is 14.9 Å². The van der Waals surface area contributed by atoms with Gasteiger partial charge in [0.15, 0.2) is 5.75 Å². The van der Waals surface area contributed by atoms with Crippen molar-refractivity contribution in [3.8, 4) is 5.75 Å². The smallest absolute Gasteiger partial charge is 0.354 e. The van der Waals surface area contributed by atoms with Crippen LogP contribution < -0.4 is 4.74 Å². The number of nitrogens with one attached hydrogen (secondary N) is 1. The lowest BCUT2D eigenvalue weighted by Crippen LogP contribution is -2.00. The van der Waals surface area contributed by atoms with Crippen LogP contribution >= 0.6 is 0 Å². The van der Waals surface area contributed by atoms with Crippen molar-refractivity contribution in [3.63, 3.8) is 0 Å². The molecule has 1 aromatic heterocycles. The van der Waals surface area contributed by atoms with Crippen LogP contribution in [0, 0.1) is 10.1 Å². The Morgan fingerprint density at radius 2 is 2.11 bits per heavy atom. The van der Waals surface area contributed by atoms with E-state index in [0.717, 1.165) is 0 Å². The van der Waals surface area contributed by atoms with Crippen molar-refractivity contribution in [2.24, 2.45) is 0 Å². The Kier molecular flexibility index (Phi) is 2.88. The van der Waals surface area contributed by atoms with E-state index >= 15 is 0 Å². The number of aromatic nitrogens is 1. The van der Waals surface area contributed by atoms with E-state index < -0.39 is 10.9 Å². The first-order valence-electron chi connectivity index (χ1n) is 5.01. The third-order valence-electron chi connectivity index (χ3n) is 2.55. The zero-order valence-electron chi connectivity index (χ0n) is 9.72. The molecule has 0 saturated heterocycles. The summed E-state index contributed by atoms with van der Waals surface area (Å²) < 4.78 is 9.49. The molecule has 0 spiro atoms. The minimum absolute atomic E-state index is 0.142. The normalized spacial score (nSPS) is 10.3. The molecule has 0 bridgehead atoms. The summed E-state index contributed by atoms with van der Waals surface area (Å²) in [6.45, 7) is 0. The fourth-order valence-corrected chi connectivity index (χ4v) is 1.74. The number of nitro groups is 1. The Labute approximate surface area is 101 Å². The lowest BCUT2D eigenvalue weighted by molar-refractivity contribution is -0.383. The molecule has 0 radical (unpaired) electrons. The molecule has 1 aromatic carbocycles. The first kappa shape index (κ1) is 11.9. The number of esters is 1. The van der Waals surface area contributed by atoms with Crippen molar-refractivity contribution in [2.75, 3.05) is 14.2 Å². The highest BCUT2D eigenvalue weighted by Crippen LogP contribution is 2.35. The van der Waals surface area contributed by atoms with Crippen LogP contribution in [0.4, 0.5) is 5.69 Å². The molecule has 0 aliphatic carbocycles. The topological polar surface area (TPSA) is 94.5 Å². The Morgan fingerprint density at radius 3 is 2.67 bits per heavy atom. The molecule has 1 N–H and O–H groups in total. The van der Waals surface area contributed by atoms with E-state index in [2.05, 4.69) is 9.72 Å². The zero-order chi connectivity index (χ0) is 13.3. The van der Waals surface area contributed by atoms with Crippen LogP contribution in [-0.2, 0) is 4.74 Å². The van der Waals surface area contributed by atoms with Gasteiger partial charge in [0.05, 0.1) is 30.0 Å². The summed E-state index contributed by atoms with van der Waals surface area (Å²) in [7, 11) is 2.59. The van der Waals surface area contributed by atoms with Gasteiger partial charge in [-0.3, -0.25) is 10.1 Å². The molecule has 2 rings (SSSR count). The molecule has 0 aliphatic heterocycles. The lowest BCUT2D eigenvalue weighted by atomic mass is 10.2. The van der Waals surface area contributed by atoms with Crippen LogP contribution in [0.5, 0.6) is 5.75 Å². The van der Waals surface area contributed by atoms with Gasteiger partial charge in [0.2, 0.25) is 0 Å². The summed E-state index contributed by atoms with van der Waals surface area (Å²) in [5.74, 6) is -0.442. The molecule has 0 aliphatic rings. The molecule has 94 valence electrons. The van der Waals surface area contributed by atoms with E-state index in [4.69, 9.17) is 4.74 Å². The van der Waals surface area contributed by atoms with Crippen molar-refractivity contribution < 1.29 is 19.2 Å². The molecule has 0 amide bonds. The average Bonchev–Trinajstić information content (AvgIpc) is 2.79. The van der Waals surface area contributed by atoms with Gasteiger partial charge in [-0.25, -0.2) is 4.79 Å². The van der Waals surface area contributed by atoms with Crippen LogP contribution in [0.15, 0.2) is 18.2 Å². The Balaban J connectivity index is 2.72. The zero-order valence-corrected chi connectivity index (χ0v) is 9.72. The number of nitrogens with zero attached hydrogens (tertiary/aromatic N) is 1. The Bertz CT molecular complexity index is 632. The molecule has 0 unspecified atom stereocenters. The van der Waals surface area contributed by atoms with E-state index in [0.29, 0.717) is 10.9 Å². The molecule has 7 heteroatoms. The number of carbonyl (C=O) groups excluding carboxylic acids is 1. The number of hydrogen-bond acceptors (Lipinski definition) is 5. The Hall–Kier alpha value is -2.57. The summed E-state index contributed by atoms with van der Waals surface area (Å²) >= 11 is 0. The second kappa shape index (κ2) is 4.36. The fourth-order valence-electron chi connectivity index (χ4n) is 1.74. The number of benzene rings is 1. The van der Waals surface area contributed by atoms with Gasteiger partial charge in [-0.2, -0.15) is 0 Å². The van der Waals surface area contributed by atoms with Gasteiger partial charge in [-0.15, -0.1) is 0 Å². The minimum atomic E-state index is -0.584. The van der Waals surface area contributed by atoms with Gasteiger partial charge in [0.1, 0.15) is 5.69 Å². The summed E-state index contributed by atoms with van der Waals surface area (Å²) in [6, 6.07) is 4.45. The highest BCUT2D eigenvalue weighted by molar-refractivity contribution is 5.99. The summed E-state index contributed by atoms with van der Waals surface area (Å²) in [4.78, 5) is 24.6. The quantitative estimate of drug-likeness (QED) is 0.509. The SMILES string of the molecule is COC(=O)c1cc2c([N+](=O)[O-])c(OC)ccc2[nH]1. The number of fused-ring (bicyclic) bond motifs is 1. The number of aromatic amines is 1. The van der Waals surface area contributed by atoms with Crippen molar-refractivity contribution in [1.82, 2.24) is 4.98 Å². The lowest BCUT2D eigenvalue weighted by Gasteiger charge is -2.01. The average molecular weight is 250 g/mol. The number of hydrogen-bond donors (Lipinski definition) is 1. The third kappa shape index (κ3) is 1.75. The van der Waals surface area contributed by atoms with Crippen LogP contribution in [0.2, 0.25) is 0 Å². The van der Waals surface area contributed by atoms with Crippen molar-refractivity contribution in [1.29, 1.82) is 0 Å². The van der Waals surface area contributed by atoms with E-state index in [1.165, 1.54) is 26.4 Å². The monoisotopic (exact) mass is 250 g/mol. The van der Waals surface area contributed by atoms with Gasteiger partial charge in [0.25, 0.3) is 0 Å². The van der Waals surface area contributed by atoms with Crippen LogP contribution in [0.1, 0.15) is 10.5 Å². The molecule has 2 aromatic rings. The second-order valence-electron chi connectivity index (χ2n) is 3.51. The molecule has 0 atom stereocenters. The number of ether oxygens (including phenoxy) is 2. The summed E-state index contributed by atoms with van der Waals surface area (Å²) in [5, 5.41) is 11.3. The standard InChI is InChI=1S/C11H10N2O5/c1-17-9-4-3-7-6(10(9)13(15)16)5-8(12-7)11(14)18-2/h3-5,12H,1-2H3. The molecule has 7 nitrogen and oxygen atoms in total. The van der Waals surface area contributed by atoms with Crippen molar-refractivity contribution in [3.05, 3.63) is 34.0 Å². The van der Waals surface area contributed by atoms with Crippen LogP contribution in [-0.4, -0.2) is 30.1 Å².